The van der Waals surface area contributed by atoms with Crippen LogP contribution in [0.3, 0.4) is 0 Å². The average molecular weight is 357 g/mol. The molecule has 23 heavy (non-hydrogen) atoms. The third-order valence-electron chi connectivity index (χ3n) is 4.03. The van der Waals surface area contributed by atoms with Crippen LogP contribution < -0.4 is 10.2 Å². The molecule has 0 bridgehead atoms. The summed E-state index contributed by atoms with van der Waals surface area (Å²) in [7, 11) is 1.24. The first kappa shape index (κ1) is 18.2. The third kappa shape index (κ3) is 5.44. The van der Waals surface area contributed by atoms with E-state index in [1.165, 1.54) is 4.90 Å². The minimum atomic E-state index is -2.93. The van der Waals surface area contributed by atoms with Gasteiger partial charge in [0.1, 0.15) is 0 Å². The van der Waals surface area contributed by atoms with Crippen molar-refractivity contribution in [2.24, 2.45) is 0 Å². The summed E-state index contributed by atoms with van der Waals surface area (Å²) in [5, 5.41) is 3.87. The molecule has 1 aliphatic heterocycles. The van der Waals surface area contributed by atoms with E-state index in [-0.39, 0.29) is 17.5 Å². The highest BCUT2D eigenvalue weighted by Gasteiger charge is 2.33. The summed E-state index contributed by atoms with van der Waals surface area (Å²) in [6.07, 6.45) is 0.654. The number of anilines is 1. The van der Waals surface area contributed by atoms with E-state index in [2.05, 4.69) is 24.3 Å². The molecule has 0 unspecified atom stereocenters. The van der Waals surface area contributed by atoms with E-state index in [9.17, 15) is 8.42 Å². The van der Waals surface area contributed by atoms with E-state index in [1.54, 1.807) is 0 Å². The molecule has 1 heterocycles. The second-order valence-corrected chi connectivity index (χ2v) is 9.12. The lowest BCUT2D eigenvalue weighted by molar-refractivity contribution is -0.857. The normalized spacial score (nSPS) is 19.7. The molecule has 0 saturated carbocycles. The first-order valence-electron chi connectivity index (χ1n) is 7.90. The average Bonchev–Trinajstić information content (AvgIpc) is 2.78. The molecule has 1 atom stereocenters. The maximum atomic E-state index is 11.8. The van der Waals surface area contributed by atoms with E-state index in [0.717, 1.165) is 24.3 Å². The Morgan fingerprint density at radius 2 is 2.17 bits per heavy atom. The minimum absolute atomic E-state index is 0.0239. The number of sulfone groups is 1. The summed E-state index contributed by atoms with van der Waals surface area (Å²) >= 11 is 5.58. The second kappa shape index (κ2) is 7.59. The van der Waals surface area contributed by atoms with Crippen LogP contribution in [-0.2, 0) is 9.84 Å². The van der Waals surface area contributed by atoms with Crippen LogP contribution in [-0.4, -0.2) is 63.2 Å². The van der Waals surface area contributed by atoms with Crippen molar-refractivity contribution in [3.05, 3.63) is 29.8 Å². The van der Waals surface area contributed by atoms with Crippen LogP contribution >= 0.6 is 12.2 Å². The van der Waals surface area contributed by atoms with Crippen molar-refractivity contribution in [2.45, 2.75) is 19.4 Å². The smallest absolute Gasteiger partial charge is 0.173 e. The molecule has 1 saturated heterocycles. The fraction of sp³-hybridized carbons (Fsp3) is 0.562. The molecule has 1 fully saturated rings. The lowest BCUT2D eigenvalue weighted by Crippen LogP contribution is -3.06. The monoisotopic (exact) mass is 356 g/mol. The van der Waals surface area contributed by atoms with E-state index in [1.807, 2.05) is 31.2 Å². The zero-order valence-corrected chi connectivity index (χ0v) is 15.6. The molecule has 1 aliphatic rings. The van der Waals surface area contributed by atoms with Gasteiger partial charge in [-0.05, 0) is 43.3 Å². The molecular formula is C16H26N3O2S2+. The van der Waals surface area contributed by atoms with E-state index < -0.39 is 9.84 Å². The quantitative estimate of drug-likeness (QED) is 0.745. The van der Waals surface area contributed by atoms with E-state index >= 15 is 0 Å². The zero-order chi connectivity index (χ0) is 17.0. The zero-order valence-electron chi connectivity index (χ0n) is 14.0. The van der Waals surface area contributed by atoms with Crippen molar-refractivity contribution in [1.82, 2.24) is 4.90 Å². The van der Waals surface area contributed by atoms with Crippen LogP contribution in [0.5, 0.6) is 0 Å². The molecular weight excluding hydrogens is 330 g/mol. The van der Waals surface area contributed by atoms with Gasteiger partial charge in [0.05, 0.1) is 38.7 Å². The van der Waals surface area contributed by atoms with Crippen LogP contribution in [0.15, 0.2) is 24.3 Å². The topological polar surface area (TPSA) is 53.9 Å². The Morgan fingerprint density at radius 1 is 1.43 bits per heavy atom. The van der Waals surface area contributed by atoms with Crippen LogP contribution in [0.25, 0.3) is 0 Å². The molecule has 0 aliphatic carbocycles. The first-order chi connectivity index (χ1) is 10.8. The van der Waals surface area contributed by atoms with Crippen LogP contribution in [0.1, 0.15) is 12.0 Å². The highest BCUT2D eigenvalue weighted by atomic mass is 32.2. The van der Waals surface area contributed by atoms with Crippen LogP contribution in [0, 0.1) is 6.92 Å². The van der Waals surface area contributed by atoms with Gasteiger partial charge in [-0.25, -0.2) is 8.42 Å². The summed E-state index contributed by atoms with van der Waals surface area (Å²) in [5.74, 6) is 0.460. The third-order valence-corrected chi connectivity index (χ3v) is 6.12. The van der Waals surface area contributed by atoms with Gasteiger partial charge >= 0.3 is 0 Å². The number of thiocarbonyl (C=S) groups is 1. The number of quaternary nitrogens is 1. The highest BCUT2D eigenvalue weighted by molar-refractivity contribution is 7.91. The number of aryl methyl sites for hydroxylation is 1. The molecule has 7 heteroatoms. The minimum Gasteiger partial charge on any atom is -0.339 e. The molecule has 0 aromatic heterocycles. The molecule has 0 amide bonds. The van der Waals surface area contributed by atoms with E-state index in [4.69, 9.17) is 12.2 Å². The SMILES string of the molecule is Cc1cccc(NC(=S)N(CC[NH+](C)C)[C@@H]2CCS(=O)(=O)C2)c1. The summed E-state index contributed by atoms with van der Waals surface area (Å²) in [6.45, 7) is 3.69. The molecule has 1 aromatic rings. The Bertz CT molecular complexity index is 659. The van der Waals surface area contributed by atoms with Gasteiger partial charge in [0.15, 0.2) is 14.9 Å². The summed E-state index contributed by atoms with van der Waals surface area (Å²) in [5.41, 5.74) is 2.10. The molecule has 2 N–H and O–H groups in total. The summed E-state index contributed by atoms with van der Waals surface area (Å²) in [4.78, 5) is 3.36. The van der Waals surface area contributed by atoms with Gasteiger partial charge in [0, 0.05) is 11.7 Å². The number of nitrogens with one attached hydrogen (secondary N) is 2. The fourth-order valence-electron chi connectivity index (χ4n) is 2.73. The van der Waals surface area contributed by atoms with Gasteiger partial charge < -0.3 is 15.1 Å². The number of nitrogens with zero attached hydrogens (tertiary/aromatic N) is 1. The maximum Gasteiger partial charge on any atom is 0.173 e. The number of rotatable bonds is 5. The van der Waals surface area contributed by atoms with Crippen molar-refractivity contribution in [1.29, 1.82) is 0 Å². The van der Waals surface area contributed by atoms with Crippen molar-refractivity contribution >= 4 is 32.9 Å². The standard InChI is InChI=1S/C16H25N3O2S2/c1-13-5-4-6-14(11-13)17-16(22)19(9-8-18(2)3)15-7-10-23(20,21)12-15/h4-6,11,15H,7-10,12H2,1-3H3,(H,17,22)/p+1/t15-/m1/s1. The number of benzene rings is 1. The Balaban J connectivity index is 2.10. The summed E-state index contributed by atoms with van der Waals surface area (Å²) < 4.78 is 23.6. The number of hydrogen-bond donors (Lipinski definition) is 2. The van der Waals surface area contributed by atoms with Gasteiger partial charge in [0.25, 0.3) is 0 Å². The molecule has 2 rings (SSSR count). The van der Waals surface area contributed by atoms with Crippen molar-refractivity contribution in [3.63, 3.8) is 0 Å². The maximum absolute atomic E-state index is 11.8. The number of likely N-dealkylation sites (N-methyl/N-ethyl adjacent to an activating group) is 1. The van der Waals surface area contributed by atoms with Crippen molar-refractivity contribution < 1.29 is 13.3 Å². The second-order valence-electron chi connectivity index (χ2n) is 6.51. The van der Waals surface area contributed by atoms with Gasteiger partial charge in [-0.3, -0.25) is 0 Å². The fourth-order valence-corrected chi connectivity index (χ4v) is 4.82. The Morgan fingerprint density at radius 3 is 2.74 bits per heavy atom. The lowest BCUT2D eigenvalue weighted by atomic mass is 10.2. The number of hydrogen-bond acceptors (Lipinski definition) is 3. The molecule has 128 valence electrons. The van der Waals surface area contributed by atoms with Gasteiger partial charge in [-0.1, -0.05) is 12.1 Å². The largest absolute Gasteiger partial charge is 0.339 e. The Hall–Kier alpha value is -1.18. The van der Waals surface area contributed by atoms with Crippen molar-refractivity contribution in [2.75, 3.05) is 44.0 Å². The predicted molar refractivity (Wildman–Crippen MR) is 98.8 cm³/mol. The van der Waals surface area contributed by atoms with Crippen LogP contribution in [0.2, 0.25) is 0 Å². The van der Waals surface area contributed by atoms with Gasteiger partial charge in [0.2, 0.25) is 0 Å². The Kier molecular flexibility index (Phi) is 6.00. The van der Waals surface area contributed by atoms with Crippen molar-refractivity contribution in [3.8, 4) is 0 Å². The van der Waals surface area contributed by atoms with E-state index in [0.29, 0.717) is 11.5 Å². The van der Waals surface area contributed by atoms with Crippen LogP contribution in [0.4, 0.5) is 5.69 Å². The molecule has 5 nitrogen and oxygen atoms in total. The van der Waals surface area contributed by atoms with Gasteiger partial charge in [-0.15, -0.1) is 0 Å². The predicted octanol–water partition coefficient (Wildman–Crippen LogP) is 0.325. The van der Waals surface area contributed by atoms with Gasteiger partial charge in [-0.2, -0.15) is 0 Å². The first-order valence-corrected chi connectivity index (χ1v) is 10.1. The molecule has 0 radical (unpaired) electrons. The highest BCUT2D eigenvalue weighted by Crippen LogP contribution is 2.19. The summed E-state index contributed by atoms with van der Waals surface area (Å²) in [6, 6.07) is 8.00. The lowest BCUT2D eigenvalue weighted by Gasteiger charge is -2.31. The Labute approximate surface area is 144 Å². The molecule has 1 aromatic carbocycles. The molecule has 0 spiro atoms.